The summed E-state index contributed by atoms with van der Waals surface area (Å²) in [5.74, 6) is 1.57. The molecule has 2 heterocycles. The highest BCUT2D eigenvalue weighted by Gasteiger charge is 2.16. The first-order chi connectivity index (χ1) is 14.6. The Morgan fingerprint density at radius 3 is 2.77 bits per heavy atom. The molecular weight excluding hydrogens is 380 g/mol. The highest BCUT2D eigenvalue weighted by Crippen LogP contribution is 2.22. The predicted molar refractivity (Wildman–Crippen MR) is 117 cm³/mol. The maximum Gasteiger partial charge on any atom is 0.262 e. The zero-order valence-corrected chi connectivity index (χ0v) is 17.6. The Kier molecular flexibility index (Phi) is 6.30. The Morgan fingerprint density at radius 2 is 2.00 bits per heavy atom. The van der Waals surface area contributed by atoms with E-state index in [2.05, 4.69) is 21.7 Å². The molecule has 0 bridgehead atoms. The highest BCUT2D eigenvalue weighted by molar-refractivity contribution is 5.94. The third-order valence-electron chi connectivity index (χ3n) is 5.35. The van der Waals surface area contributed by atoms with Crippen molar-refractivity contribution in [2.75, 3.05) is 38.2 Å². The summed E-state index contributed by atoms with van der Waals surface area (Å²) in [6.45, 7) is 9.10. The highest BCUT2D eigenvalue weighted by atomic mass is 16.5. The number of nitrogens with zero attached hydrogens (tertiary/aromatic N) is 3. The van der Waals surface area contributed by atoms with Crippen LogP contribution in [0.25, 0.3) is 11.0 Å². The van der Waals surface area contributed by atoms with E-state index in [4.69, 9.17) is 14.5 Å². The van der Waals surface area contributed by atoms with Crippen LogP contribution in [0.3, 0.4) is 0 Å². The van der Waals surface area contributed by atoms with Crippen molar-refractivity contribution in [2.45, 2.75) is 26.9 Å². The van der Waals surface area contributed by atoms with Crippen molar-refractivity contribution in [2.24, 2.45) is 0 Å². The number of hydrogen-bond donors (Lipinski definition) is 1. The van der Waals surface area contributed by atoms with Crippen molar-refractivity contribution in [1.82, 2.24) is 14.5 Å². The van der Waals surface area contributed by atoms with Gasteiger partial charge in [-0.25, -0.2) is 4.98 Å². The van der Waals surface area contributed by atoms with E-state index in [-0.39, 0.29) is 12.5 Å². The van der Waals surface area contributed by atoms with Crippen molar-refractivity contribution >= 4 is 22.6 Å². The zero-order valence-electron chi connectivity index (χ0n) is 17.6. The van der Waals surface area contributed by atoms with E-state index in [0.717, 1.165) is 73.3 Å². The third kappa shape index (κ3) is 4.63. The number of benzene rings is 2. The number of anilines is 1. The van der Waals surface area contributed by atoms with Gasteiger partial charge in [-0.05, 0) is 43.7 Å². The summed E-state index contributed by atoms with van der Waals surface area (Å²) in [5, 5.41) is 2.91. The molecule has 1 fully saturated rings. The van der Waals surface area contributed by atoms with Gasteiger partial charge < -0.3 is 19.4 Å². The maximum atomic E-state index is 12.3. The van der Waals surface area contributed by atoms with Gasteiger partial charge in [0.25, 0.3) is 5.91 Å². The lowest BCUT2D eigenvalue weighted by Crippen LogP contribution is -2.36. The van der Waals surface area contributed by atoms with Crippen LogP contribution in [0.15, 0.2) is 42.5 Å². The van der Waals surface area contributed by atoms with E-state index >= 15 is 0 Å². The minimum atomic E-state index is -0.193. The Hall–Kier alpha value is -2.90. The lowest BCUT2D eigenvalue weighted by molar-refractivity contribution is -0.118. The average molecular weight is 409 g/mol. The molecular formula is C23H28N4O3. The summed E-state index contributed by atoms with van der Waals surface area (Å²) in [6, 6.07) is 13.5. The number of imidazole rings is 1. The number of aromatic nitrogens is 2. The molecule has 7 heteroatoms. The normalized spacial score (nSPS) is 14.7. The molecule has 0 saturated carbocycles. The van der Waals surface area contributed by atoms with Gasteiger partial charge in [-0.3, -0.25) is 9.69 Å². The van der Waals surface area contributed by atoms with Gasteiger partial charge in [0.2, 0.25) is 0 Å². The molecule has 1 N–H and O–H groups in total. The summed E-state index contributed by atoms with van der Waals surface area (Å²) < 4.78 is 13.3. The molecule has 0 aliphatic carbocycles. The quantitative estimate of drug-likeness (QED) is 0.650. The van der Waals surface area contributed by atoms with E-state index in [1.54, 1.807) is 0 Å². The number of nitrogens with one attached hydrogen (secondary N) is 1. The van der Waals surface area contributed by atoms with E-state index in [0.29, 0.717) is 0 Å². The van der Waals surface area contributed by atoms with Crippen molar-refractivity contribution in [1.29, 1.82) is 0 Å². The molecule has 0 radical (unpaired) electrons. The second-order valence-electron chi connectivity index (χ2n) is 7.47. The molecule has 158 valence electrons. The Bertz CT molecular complexity index is 1020. The SMILES string of the molecule is CCn1c(CN2CCOCC2)nc2cc(NC(=O)COc3ccccc3C)ccc21. The van der Waals surface area contributed by atoms with Gasteiger partial charge in [0.05, 0.1) is 30.8 Å². The van der Waals surface area contributed by atoms with Crippen molar-refractivity contribution in [3.05, 3.63) is 53.9 Å². The summed E-state index contributed by atoms with van der Waals surface area (Å²) in [7, 11) is 0. The predicted octanol–water partition coefficient (Wildman–Crippen LogP) is 3.21. The minimum Gasteiger partial charge on any atom is -0.483 e. The first-order valence-corrected chi connectivity index (χ1v) is 10.4. The van der Waals surface area contributed by atoms with Crippen LogP contribution < -0.4 is 10.1 Å². The van der Waals surface area contributed by atoms with Gasteiger partial charge in [-0.1, -0.05) is 18.2 Å². The Labute approximate surface area is 176 Å². The number of rotatable bonds is 7. The fourth-order valence-corrected chi connectivity index (χ4v) is 3.75. The average Bonchev–Trinajstić information content (AvgIpc) is 3.10. The maximum absolute atomic E-state index is 12.3. The molecule has 0 unspecified atom stereocenters. The summed E-state index contributed by atoms with van der Waals surface area (Å²) in [5.41, 5.74) is 3.69. The van der Waals surface area contributed by atoms with Gasteiger partial charge in [-0.15, -0.1) is 0 Å². The number of aryl methyl sites for hydroxylation is 2. The number of morpholine rings is 1. The third-order valence-corrected chi connectivity index (χ3v) is 5.35. The fraction of sp³-hybridized carbons (Fsp3) is 0.391. The van der Waals surface area contributed by atoms with Crippen LogP contribution in [-0.2, 0) is 22.6 Å². The van der Waals surface area contributed by atoms with Gasteiger partial charge >= 0.3 is 0 Å². The second-order valence-corrected chi connectivity index (χ2v) is 7.47. The molecule has 0 spiro atoms. The number of carbonyl (C=O) groups excluding carboxylic acids is 1. The van der Waals surface area contributed by atoms with E-state index in [9.17, 15) is 4.79 Å². The minimum absolute atomic E-state index is 0.0332. The number of amides is 1. The number of fused-ring (bicyclic) bond motifs is 1. The molecule has 1 amide bonds. The molecule has 1 aliphatic heterocycles. The van der Waals surface area contributed by atoms with E-state index in [1.807, 2.05) is 49.4 Å². The summed E-state index contributed by atoms with van der Waals surface area (Å²) in [6.07, 6.45) is 0. The largest absolute Gasteiger partial charge is 0.483 e. The van der Waals surface area contributed by atoms with Crippen molar-refractivity contribution < 1.29 is 14.3 Å². The van der Waals surface area contributed by atoms with Crippen molar-refractivity contribution in [3.8, 4) is 5.75 Å². The molecule has 1 aliphatic rings. The van der Waals surface area contributed by atoms with Crippen LogP contribution in [0.2, 0.25) is 0 Å². The first kappa shape index (κ1) is 20.4. The van der Waals surface area contributed by atoms with Crippen LogP contribution in [0.5, 0.6) is 5.75 Å². The molecule has 0 atom stereocenters. The molecule has 1 saturated heterocycles. The standard InChI is InChI=1S/C23H28N4O3/c1-3-27-20-9-8-18(24-23(28)16-30-21-7-5-4-6-17(21)2)14-19(20)25-22(27)15-26-10-12-29-13-11-26/h4-9,14H,3,10-13,15-16H2,1-2H3,(H,24,28). The van der Waals surface area contributed by atoms with Crippen LogP contribution in [0.1, 0.15) is 18.3 Å². The smallest absolute Gasteiger partial charge is 0.262 e. The zero-order chi connectivity index (χ0) is 20.9. The molecule has 2 aromatic carbocycles. The van der Waals surface area contributed by atoms with Gasteiger partial charge in [0.1, 0.15) is 11.6 Å². The number of hydrogen-bond acceptors (Lipinski definition) is 5. The Balaban J connectivity index is 1.44. The number of para-hydroxylation sites is 1. The van der Waals surface area contributed by atoms with Gasteiger partial charge in [0, 0.05) is 25.3 Å². The summed E-state index contributed by atoms with van der Waals surface area (Å²) in [4.78, 5) is 19.6. The number of carbonyl (C=O) groups is 1. The van der Waals surface area contributed by atoms with Crippen LogP contribution in [0, 0.1) is 6.92 Å². The Morgan fingerprint density at radius 1 is 1.20 bits per heavy atom. The molecule has 30 heavy (non-hydrogen) atoms. The lowest BCUT2D eigenvalue weighted by Gasteiger charge is -2.26. The van der Waals surface area contributed by atoms with E-state index < -0.39 is 0 Å². The van der Waals surface area contributed by atoms with E-state index in [1.165, 1.54) is 0 Å². The summed E-state index contributed by atoms with van der Waals surface area (Å²) >= 11 is 0. The molecule has 4 rings (SSSR count). The second kappa shape index (κ2) is 9.28. The van der Waals surface area contributed by atoms with Crippen LogP contribution in [0.4, 0.5) is 5.69 Å². The lowest BCUT2D eigenvalue weighted by atomic mass is 10.2. The van der Waals surface area contributed by atoms with Crippen LogP contribution >= 0.6 is 0 Å². The monoisotopic (exact) mass is 408 g/mol. The van der Waals surface area contributed by atoms with Gasteiger partial charge in [0.15, 0.2) is 6.61 Å². The topological polar surface area (TPSA) is 68.6 Å². The molecule has 7 nitrogen and oxygen atoms in total. The van der Waals surface area contributed by atoms with Crippen LogP contribution in [-0.4, -0.2) is 53.3 Å². The molecule has 3 aromatic rings. The fourth-order valence-electron chi connectivity index (χ4n) is 3.75. The first-order valence-electron chi connectivity index (χ1n) is 10.4. The van der Waals surface area contributed by atoms with Crippen molar-refractivity contribution in [3.63, 3.8) is 0 Å². The number of ether oxygens (including phenoxy) is 2. The molecule has 1 aromatic heterocycles. The van der Waals surface area contributed by atoms with Gasteiger partial charge in [-0.2, -0.15) is 0 Å².